The van der Waals surface area contributed by atoms with Gasteiger partial charge in [0, 0.05) is 19.6 Å². The molecule has 2 rings (SSSR count). The molecule has 2 saturated heterocycles. The Morgan fingerprint density at radius 1 is 1.32 bits per heavy atom. The molecule has 122 valence electrons. The summed E-state index contributed by atoms with van der Waals surface area (Å²) in [5, 5.41) is 0. The third kappa shape index (κ3) is 3.85. The zero-order valence-corrected chi connectivity index (χ0v) is 13.5. The summed E-state index contributed by atoms with van der Waals surface area (Å²) in [5.74, 6) is -0.218. The van der Waals surface area contributed by atoms with Gasteiger partial charge in [0.15, 0.2) is 0 Å². The molecule has 0 aromatic heterocycles. The number of hydrogen-bond acceptors (Lipinski definition) is 3. The van der Waals surface area contributed by atoms with Crippen LogP contribution in [-0.2, 0) is 9.53 Å². The Morgan fingerprint density at radius 3 is 2.68 bits per heavy atom. The fraction of sp³-hybridized carbons (Fsp3) is 0.800. The van der Waals surface area contributed by atoms with Crippen molar-refractivity contribution < 1.29 is 19.1 Å². The second kappa shape index (κ2) is 6.48. The number of nitrogens with zero attached hydrogens (tertiary/aromatic N) is 4. The molecule has 0 unspecified atom stereocenters. The molecule has 0 N–H and O–H groups in total. The van der Waals surface area contributed by atoms with Gasteiger partial charge in [-0.05, 0) is 40.0 Å². The van der Waals surface area contributed by atoms with E-state index in [-0.39, 0.29) is 23.8 Å². The molecule has 7 nitrogen and oxygen atoms in total. The summed E-state index contributed by atoms with van der Waals surface area (Å²) in [5.41, 5.74) is 8.58. The maximum absolute atomic E-state index is 12.3. The Labute approximate surface area is 130 Å². The van der Waals surface area contributed by atoms with Crippen LogP contribution < -0.4 is 0 Å². The summed E-state index contributed by atoms with van der Waals surface area (Å²) >= 11 is 0. The third-order valence-electron chi connectivity index (χ3n) is 3.93. The van der Waals surface area contributed by atoms with E-state index in [9.17, 15) is 9.59 Å². The lowest BCUT2D eigenvalue weighted by molar-refractivity contribution is -0.134. The first-order valence-corrected chi connectivity index (χ1v) is 7.81. The van der Waals surface area contributed by atoms with Crippen molar-refractivity contribution in [3.8, 4) is 0 Å². The van der Waals surface area contributed by atoms with Crippen LogP contribution in [0.1, 0.15) is 46.5 Å². The van der Waals surface area contributed by atoms with Crippen LogP contribution in [0.25, 0.3) is 5.53 Å². The predicted molar refractivity (Wildman–Crippen MR) is 80.4 cm³/mol. The van der Waals surface area contributed by atoms with Crippen molar-refractivity contribution in [3.05, 3.63) is 5.53 Å². The third-order valence-corrected chi connectivity index (χ3v) is 3.93. The second-order valence-corrected chi connectivity index (χ2v) is 6.87. The fourth-order valence-corrected chi connectivity index (χ4v) is 2.93. The molecule has 1 atom stereocenters. The van der Waals surface area contributed by atoms with Gasteiger partial charge in [0.1, 0.15) is 5.60 Å². The highest BCUT2D eigenvalue weighted by Crippen LogP contribution is 2.21. The van der Waals surface area contributed by atoms with E-state index < -0.39 is 5.60 Å². The Kier molecular flexibility index (Phi) is 4.86. The Morgan fingerprint density at radius 2 is 2.05 bits per heavy atom. The maximum Gasteiger partial charge on any atom is 0.410 e. The van der Waals surface area contributed by atoms with Gasteiger partial charge in [0.2, 0.25) is 0 Å². The zero-order chi connectivity index (χ0) is 16.3. The summed E-state index contributed by atoms with van der Waals surface area (Å²) in [7, 11) is 0. The van der Waals surface area contributed by atoms with Crippen molar-refractivity contribution >= 4 is 17.7 Å². The minimum atomic E-state index is -0.526. The molecule has 2 amide bonds. The van der Waals surface area contributed by atoms with E-state index in [0.717, 1.165) is 19.3 Å². The number of rotatable bonds is 1. The molecule has 22 heavy (non-hydrogen) atoms. The average molecular weight is 308 g/mol. The molecule has 7 heteroatoms. The van der Waals surface area contributed by atoms with Crippen LogP contribution in [0, 0.1) is 0 Å². The number of amides is 2. The lowest BCUT2D eigenvalue weighted by Gasteiger charge is -2.40. The largest absolute Gasteiger partial charge is 0.444 e. The van der Waals surface area contributed by atoms with Gasteiger partial charge in [0.25, 0.3) is 0 Å². The van der Waals surface area contributed by atoms with Gasteiger partial charge in [-0.2, -0.15) is 4.79 Å². The zero-order valence-electron chi connectivity index (χ0n) is 13.5. The van der Waals surface area contributed by atoms with E-state index in [4.69, 9.17) is 10.3 Å². The maximum atomic E-state index is 12.3. The van der Waals surface area contributed by atoms with E-state index >= 15 is 0 Å². The van der Waals surface area contributed by atoms with E-state index in [2.05, 4.69) is 4.79 Å². The molecular formula is C15H24N4O3. The standard InChI is InChI=1S/C15H24N4O3/c1-15(2,3)22-14(21)18-8-4-6-11(10-18)19-9-5-7-12(17-16)13(19)20/h11H,4-10H2,1-3H3/t11-/m1/s1. The molecular weight excluding hydrogens is 284 g/mol. The minimum absolute atomic E-state index is 0.0363. The van der Waals surface area contributed by atoms with Crippen LogP contribution in [0.2, 0.25) is 0 Å². The molecule has 2 aliphatic rings. The Hall–Kier alpha value is -1.88. The summed E-state index contributed by atoms with van der Waals surface area (Å²) in [6.45, 7) is 7.28. The van der Waals surface area contributed by atoms with E-state index in [1.54, 1.807) is 9.80 Å². The van der Waals surface area contributed by atoms with Crippen LogP contribution in [0.4, 0.5) is 4.79 Å². The Bertz CT molecular complexity index is 505. The van der Waals surface area contributed by atoms with Gasteiger partial charge in [-0.15, -0.1) is 0 Å². The summed E-state index contributed by atoms with van der Waals surface area (Å²) in [6.07, 6.45) is 2.64. The highest BCUT2D eigenvalue weighted by molar-refractivity contribution is 6.36. The van der Waals surface area contributed by atoms with Crippen LogP contribution in [0.5, 0.6) is 0 Å². The molecule has 2 fully saturated rings. The van der Waals surface area contributed by atoms with Crippen LogP contribution in [-0.4, -0.2) is 63.6 Å². The van der Waals surface area contributed by atoms with Gasteiger partial charge >= 0.3 is 17.7 Å². The van der Waals surface area contributed by atoms with Crippen molar-refractivity contribution in [2.24, 2.45) is 0 Å². The number of carbonyl (C=O) groups is 2. The monoisotopic (exact) mass is 308 g/mol. The van der Waals surface area contributed by atoms with Gasteiger partial charge in [-0.1, -0.05) is 0 Å². The van der Waals surface area contributed by atoms with Crippen LogP contribution in [0.3, 0.4) is 0 Å². The number of likely N-dealkylation sites (tertiary alicyclic amines) is 2. The SMILES string of the molecule is CC(C)(C)OC(=O)N1CCC[C@@H](N2CCCC(=[N+]=[N-])C2=O)C1. The predicted octanol–water partition coefficient (Wildman–Crippen LogP) is 1.68. The molecule has 2 aliphatic heterocycles. The van der Waals surface area contributed by atoms with Gasteiger partial charge in [-0.3, -0.25) is 4.79 Å². The van der Waals surface area contributed by atoms with Crippen molar-refractivity contribution in [1.82, 2.24) is 9.80 Å². The smallest absolute Gasteiger partial charge is 0.410 e. The highest BCUT2D eigenvalue weighted by atomic mass is 16.6. The summed E-state index contributed by atoms with van der Waals surface area (Å²) in [4.78, 5) is 30.9. The molecule has 2 heterocycles. The fourth-order valence-electron chi connectivity index (χ4n) is 2.93. The van der Waals surface area contributed by atoms with E-state index in [1.165, 1.54) is 0 Å². The molecule has 0 saturated carbocycles. The Balaban J connectivity index is 2.02. The normalized spacial score (nSPS) is 23.3. The summed E-state index contributed by atoms with van der Waals surface area (Å²) in [6, 6.07) is -0.0363. The second-order valence-electron chi connectivity index (χ2n) is 6.87. The van der Waals surface area contributed by atoms with Crippen molar-refractivity contribution in [2.75, 3.05) is 19.6 Å². The van der Waals surface area contributed by atoms with Gasteiger partial charge in [-0.25, -0.2) is 4.79 Å². The molecule has 0 aliphatic carbocycles. The molecule has 0 aromatic rings. The molecule has 0 aromatic carbocycles. The quantitative estimate of drug-likeness (QED) is 0.545. The topological polar surface area (TPSA) is 86.2 Å². The van der Waals surface area contributed by atoms with Gasteiger partial charge in [0.05, 0.1) is 12.5 Å². The average Bonchev–Trinajstić information content (AvgIpc) is 2.46. The van der Waals surface area contributed by atoms with E-state index in [1.807, 2.05) is 20.8 Å². The molecule has 0 spiro atoms. The molecule has 0 bridgehead atoms. The lowest BCUT2D eigenvalue weighted by atomic mass is 10.00. The lowest BCUT2D eigenvalue weighted by Crippen LogP contribution is -2.55. The van der Waals surface area contributed by atoms with Crippen molar-refractivity contribution in [1.29, 1.82) is 0 Å². The highest BCUT2D eigenvalue weighted by Gasteiger charge is 2.38. The van der Waals surface area contributed by atoms with Crippen molar-refractivity contribution in [3.63, 3.8) is 0 Å². The van der Waals surface area contributed by atoms with Crippen molar-refractivity contribution in [2.45, 2.75) is 58.1 Å². The first-order valence-electron chi connectivity index (χ1n) is 7.81. The van der Waals surface area contributed by atoms with Crippen LogP contribution >= 0.6 is 0 Å². The van der Waals surface area contributed by atoms with Gasteiger partial charge < -0.3 is 20.1 Å². The minimum Gasteiger partial charge on any atom is -0.444 e. The van der Waals surface area contributed by atoms with Crippen LogP contribution in [0.15, 0.2) is 0 Å². The number of piperidine rings is 2. The number of carbonyl (C=O) groups excluding carboxylic acids is 2. The van der Waals surface area contributed by atoms with E-state index in [0.29, 0.717) is 26.1 Å². The first kappa shape index (κ1) is 16.5. The molecule has 0 radical (unpaired) electrons. The first-order chi connectivity index (χ1) is 10.3. The number of hydrogen-bond donors (Lipinski definition) is 0. The summed E-state index contributed by atoms with van der Waals surface area (Å²) < 4.78 is 5.40. The number of ether oxygens (including phenoxy) is 1.